The zero-order valence-corrected chi connectivity index (χ0v) is 12.7. The van der Waals surface area contributed by atoms with Gasteiger partial charge in [-0.05, 0) is 31.2 Å². The lowest BCUT2D eigenvalue weighted by molar-refractivity contribution is 0.199. The van der Waals surface area contributed by atoms with Crippen LogP contribution in [0.5, 0.6) is 0 Å². The second kappa shape index (κ2) is 7.45. The van der Waals surface area contributed by atoms with Crippen LogP contribution in [0.1, 0.15) is 11.4 Å². The Hall–Kier alpha value is -1.56. The summed E-state index contributed by atoms with van der Waals surface area (Å²) in [6.45, 7) is 3.91. The van der Waals surface area contributed by atoms with Crippen LogP contribution in [0.25, 0.3) is 11.4 Å². The molecule has 0 aliphatic rings. The number of rotatable bonds is 6. The van der Waals surface area contributed by atoms with Gasteiger partial charge in [-0.2, -0.15) is 0 Å². The minimum absolute atomic E-state index is 0.0670. The predicted octanol–water partition coefficient (Wildman–Crippen LogP) is 2.98. The minimum Gasteiger partial charge on any atom is -0.383 e. The molecule has 0 unspecified atom stereocenters. The summed E-state index contributed by atoms with van der Waals surface area (Å²) >= 11 is 5.80. The SMILES string of the molecule is COCCNCc1cc(C)nc(-c2ccc(F)c(Cl)c2)n1. The third-order valence-corrected chi connectivity index (χ3v) is 3.16. The molecule has 0 amide bonds. The fourth-order valence-corrected chi connectivity index (χ4v) is 2.06. The monoisotopic (exact) mass is 309 g/mol. The highest BCUT2D eigenvalue weighted by Gasteiger charge is 2.08. The molecule has 1 aromatic heterocycles. The molecule has 0 spiro atoms. The van der Waals surface area contributed by atoms with E-state index in [2.05, 4.69) is 15.3 Å². The highest BCUT2D eigenvalue weighted by atomic mass is 35.5. The number of hydrogen-bond acceptors (Lipinski definition) is 4. The van der Waals surface area contributed by atoms with Gasteiger partial charge in [0.25, 0.3) is 0 Å². The maximum atomic E-state index is 13.2. The van der Waals surface area contributed by atoms with Crippen LogP contribution in [-0.4, -0.2) is 30.2 Å². The number of methoxy groups -OCH3 is 1. The summed E-state index contributed by atoms with van der Waals surface area (Å²) in [5.41, 5.74) is 2.42. The molecule has 6 heteroatoms. The number of aryl methyl sites for hydroxylation is 1. The van der Waals surface area contributed by atoms with Crippen molar-refractivity contribution in [1.29, 1.82) is 0 Å². The van der Waals surface area contributed by atoms with Gasteiger partial charge in [-0.25, -0.2) is 14.4 Å². The lowest BCUT2D eigenvalue weighted by Crippen LogP contribution is -2.19. The second-order valence-corrected chi connectivity index (χ2v) is 5.03. The third kappa shape index (κ3) is 4.46. The molecule has 0 aliphatic carbocycles. The molecular weight excluding hydrogens is 293 g/mol. The molecular formula is C15H17ClFN3O. The molecule has 2 rings (SSSR count). The predicted molar refractivity (Wildman–Crippen MR) is 80.8 cm³/mol. The first-order valence-corrected chi connectivity index (χ1v) is 6.97. The Labute approximate surface area is 128 Å². The lowest BCUT2D eigenvalue weighted by Gasteiger charge is -2.08. The summed E-state index contributed by atoms with van der Waals surface area (Å²) in [6, 6.07) is 6.39. The minimum atomic E-state index is -0.450. The molecule has 0 saturated carbocycles. The van der Waals surface area contributed by atoms with Crippen LogP contribution in [0.4, 0.5) is 4.39 Å². The molecule has 0 bridgehead atoms. The van der Waals surface area contributed by atoms with E-state index in [9.17, 15) is 4.39 Å². The molecule has 4 nitrogen and oxygen atoms in total. The zero-order chi connectivity index (χ0) is 15.2. The second-order valence-electron chi connectivity index (χ2n) is 4.62. The molecule has 0 fully saturated rings. The van der Waals surface area contributed by atoms with Crippen molar-refractivity contribution in [3.05, 3.63) is 46.5 Å². The number of nitrogens with zero attached hydrogens (tertiary/aromatic N) is 2. The lowest BCUT2D eigenvalue weighted by atomic mass is 10.2. The van der Waals surface area contributed by atoms with E-state index in [0.717, 1.165) is 17.9 Å². The Balaban J connectivity index is 2.19. The van der Waals surface area contributed by atoms with Gasteiger partial charge in [-0.3, -0.25) is 0 Å². The fourth-order valence-electron chi connectivity index (χ4n) is 1.88. The molecule has 2 aromatic rings. The van der Waals surface area contributed by atoms with Crippen molar-refractivity contribution >= 4 is 11.6 Å². The first-order chi connectivity index (χ1) is 10.1. The van der Waals surface area contributed by atoms with Gasteiger partial charge in [0.1, 0.15) is 5.82 Å². The number of ether oxygens (including phenoxy) is 1. The quantitative estimate of drug-likeness (QED) is 0.833. The van der Waals surface area contributed by atoms with Crippen molar-refractivity contribution in [3.63, 3.8) is 0 Å². The summed E-state index contributed by atoms with van der Waals surface area (Å²) in [5, 5.41) is 3.29. The summed E-state index contributed by atoms with van der Waals surface area (Å²) in [4.78, 5) is 8.85. The highest BCUT2D eigenvalue weighted by Crippen LogP contribution is 2.22. The van der Waals surface area contributed by atoms with E-state index < -0.39 is 5.82 Å². The molecule has 0 atom stereocenters. The highest BCUT2D eigenvalue weighted by molar-refractivity contribution is 6.31. The number of halogens is 2. The van der Waals surface area contributed by atoms with Gasteiger partial charge in [-0.15, -0.1) is 0 Å². The van der Waals surface area contributed by atoms with Crippen LogP contribution in [0.3, 0.4) is 0 Å². The average molecular weight is 310 g/mol. The Morgan fingerprint density at radius 1 is 1.29 bits per heavy atom. The number of benzene rings is 1. The summed E-state index contributed by atoms with van der Waals surface area (Å²) < 4.78 is 18.2. The topological polar surface area (TPSA) is 47.0 Å². The fraction of sp³-hybridized carbons (Fsp3) is 0.333. The Morgan fingerprint density at radius 3 is 2.81 bits per heavy atom. The van der Waals surface area contributed by atoms with Gasteiger partial charge in [0.05, 0.1) is 17.3 Å². The van der Waals surface area contributed by atoms with Crippen molar-refractivity contribution in [2.45, 2.75) is 13.5 Å². The van der Waals surface area contributed by atoms with E-state index in [1.54, 1.807) is 13.2 Å². The van der Waals surface area contributed by atoms with Crippen molar-refractivity contribution in [1.82, 2.24) is 15.3 Å². The summed E-state index contributed by atoms with van der Waals surface area (Å²) in [5.74, 6) is 0.0926. The van der Waals surface area contributed by atoms with Crippen LogP contribution in [0.15, 0.2) is 24.3 Å². The Bertz CT molecular complexity index is 622. The third-order valence-electron chi connectivity index (χ3n) is 2.87. The van der Waals surface area contributed by atoms with Crippen LogP contribution in [0, 0.1) is 12.7 Å². The first-order valence-electron chi connectivity index (χ1n) is 6.60. The summed E-state index contributed by atoms with van der Waals surface area (Å²) in [7, 11) is 1.66. The first kappa shape index (κ1) is 15.8. The van der Waals surface area contributed by atoms with Gasteiger partial charge >= 0.3 is 0 Å². The van der Waals surface area contributed by atoms with Gasteiger partial charge in [0, 0.05) is 31.5 Å². The van der Waals surface area contributed by atoms with Crippen molar-refractivity contribution in [2.24, 2.45) is 0 Å². The van der Waals surface area contributed by atoms with Gasteiger partial charge in [-0.1, -0.05) is 11.6 Å². The van der Waals surface area contributed by atoms with E-state index in [-0.39, 0.29) is 5.02 Å². The largest absolute Gasteiger partial charge is 0.383 e. The molecule has 1 heterocycles. The number of hydrogen-bond donors (Lipinski definition) is 1. The Morgan fingerprint density at radius 2 is 2.10 bits per heavy atom. The molecule has 112 valence electrons. The van der Waals surface area contributed by atoms with Crippen LogP contribution >= 0.6 is 11.6 Å². The normalized spacial score (nSPS) is 10.9. The van der Waals surface area contributed by atoms with E-state index in [4.69, 9.17) is 16.3 Å². The summed E-state index contributed by atoms with van der Waals surface area (Å²) in [6.07, 6.45) is 0. The van der Waals surface area contributed by atoms with E-state index in [1.165, 1.54) is 12.1 Å². The maximum absolute atomic E-state index is 13.2. The molecule has 0 aliphatic heterocycles. The molecule has 1 aromatic carbocycles. The Kier molecular flexibility index (Phi) is 5.61. The smallest absolute Gasteiger partial charge is 0.159 e. The molecule has 0 radical (unpaired) electrons. The standard InChI is InChI=1S/C15H17ClFN3O/c1-10-7-12(9-18-5-6-21-2)20-15(19-10)11-3-4-14(17)13(16)8-11/h3-4,7-8,18H,5-6,9H2,1-2H3. The number of aromatic nitrogens is 2. The molecule has 21 heavy (non-hydrogen) atoms. The average Bonchev–Trinajstić information content (AvgIpc) is 2.46. The number of nitrogens with one attached hydrogen (secondary N) is 1. The van der Waals surface area contributed by atoms with Gasteiger partial charge < -0.3 is 10.1 Å². The zero-order valence-electron chi connectivity index (χ0n) is 12.0. The van der Waals surface area contributed by atoms with Gasteiger partial charge in [0.15, 0.2) is 5.82 Å². The van der Waals surface area contributed by atoms with E-state index in [0.29, 0.717) is 24.5 Å². The maximum Gasteiger partial charge on any atom is 0.159 e. The van der Waals surface area contributed by atoms with Crippen LogP contribution < -0.4 is 5.32 Å². The van der Waals surface area contributed by atoms with Crippen molar-refractivity contribution < 1.29 is 9.13 Å². The van der Waals surface area contributed by atoms with Crippen LogP contribution in [0.2, 0.25) is 5.02 Å². The van der Waals surface area contributed by atoms with E-state index in [1.807, 2.05) is 13.0 Å². The van der Waals surface area contributed by atoms with Crippen molar-refractivity contribution in [2.75, 3.05) is 20.3 Å². The van der Waals surface area contributed by atoms with Crippen LogP contribution in [-0.2, 0) is 11.3 Å². The van der Waals surface area contributed by atoms with Gasteiger partial charge in [0.2, 0.25) is 0 Å². The molecule has 1 N–H and O–H groups in total. The molecule has 0 saturated heterocycles. The van der Waals surface area contributed by atoms with E-state index >= 15 is 0 Å². The van der Waals surface area contributed by atoms with Crippen molar-refractivity contribution in [3.8, 4) is 11.4 Å².